The van der Waals surface area contributed by atoms with Gasteiger partial charge in [0, 0.05) is 19.2 Å². The molecule has 0 fully saturated rings. The predicted octanol–water partition coefficient (Wildman–Crippen LogP) is 2.46. The molecule has 0 aromatic heterocycles. The summed E-state index contributed by atoms with van der Waals surface area (Å²) >= 11 is 5.64. The quantitative estimate of drug-likeness (QED) is 0.889. The first-order chi connectivity index (χ1) is 8.49. The van der Waals surface area contributed by atoms with Crippen LogP contribution in [0.2, 0.25) is 5.02 Å². The fourth-order valence-electron chi connectivity index (χ4n) is 1.37. The number of nitrogens with zero attached hydrogens (tertiary/aromatic N) is 1. The molecule has 0 bridgehead atoms. The second-order valence-electron chi connectivity index (χ2n) is 3.48. The molecule has 0 atom stereocenters. The molecule has 0 saturated heterocycles. The number of anilines is 1. The lowest BCUT2D eigenvalue weighted by atomic mass is 10.3. The zero-order valence-corrected chi connectivity index (χ0v) is 10.5. The summed E-state index contributed by atoms with van der Waals surface area (Å²) in [5.74, 6) is -1.77. The topological polar surface area (TPSA) is 52.6 Å². The fourth-order valence-corrected chi connectivity index (χ4v) is 1.61. The van der Waals surface area contributed by atoms with Gasteiger partial charge < -0.3 is 15.3 Å². The summed E-state index contributed by atoms with van der Waals surface area (Å²) in [6.45, 7) is 1.95. The van der Waals surface area contributed by atoms with Crippen LogP contribution in [0.5, 0.6) is 0 Å². The lowest BCUT2D eigenvalue weighted by Crippen LogP contribution is -2.37. The van der Waals surface area contributed by atoms with Crippen LogP contribution in [0.1, 0.15) is 6.92 Å². The number of rotatable bonds is 4. The third-order valence-electron chi connectivity index (χ3n) is 2.28. The van der Waals surface area contributed by atoms with Crippen molar-refractivity contribution in [2.45, 2.75) is 6.92 Å². The Morgan fingerprint density at radius 2 is 2.17 bits per heavy atom. The Morgan fingerprint density at radius 1 is 1.50 bits per heavy atom. The van der Waals surface area contributed by atoms with Crippen LogP contribution in [0.4, 0.5) is 19.3 Å². The number of likely N-dealkylation sites (N-methyl/N-ethyl adjacent to an activating group) is 1. The van der Waals surface area contributed by atoms with Crippen molar-refractivity contribution in [1.82, 2.24) is 4.90 Å². The molecule has 0 aliphatic rings. The highest BCUT2D eigenvalue weighted by Crippen LogP contribution is 2.26. The largest absolute Gasteiger partial charge is 0.395 e. The van der Waals surface area contributed by atoms with Gasteiger partial charge in [-0.1, -0.05) is 11.6 Å². The third-order valence-corrected chi connectivity index (χ3v) is 2.58. The number of amides is 2. The van der Waals surface area contributed by atoms with E-state index in [0.717, 1.165) is 6.07 Å². The molecule has 0 unspecified atom stereocenters. The van der Waals surface area contributed by atoms with Crippen LogP contribution in [0.25, 0.3) is 0 Å². The molecule has 0 heterocycles. The van der Waals surface area contributed by atoms with Crippen LogP contribution in [0.3, 0.4) is 0 Å². The minimum Gasteiger partial charge on any atom is -0.395 e. The van der Waals surface area contributed by atoms with Crippen molar-refractivity contribution >= 4 is 23.3 Å². The maximum Gasteiger partial charge on any atom is 0.322 e. The van der Waals surface area contributed by atoms with Crippen LogP contribution in [0, 0.1) is 11.6 Å². The van der Waals surface area contributed by atoms with Crippen molar-refractivity contribution in [1.29, 1.82) is 0 Å². The van der Waals surface area contributed by atoms with Gasteiger partial charge in [0.25, 0.3) is 0 Å². The van der Waals surface area contributed by atoms with Crippen molar-refractivity contribution in [2.75, 3.05) is 25.0 Å². The van der Waals surface area contributed by atoms with Crippen LogP contribution >= 0.6 is 11.6 Å². The number of benzene rings is 1. The Labute approximate surface area is 108 Å². The van der Waals surface area contributed by atoms with E-state index in [4.69, 9.17) is 16.7 Å². The Balaban J connectivity index is 2.87. The van der Waals surface area contributed by atoms with Crippen molar-refractivity contribution < 1.29 is 18.7 Å². The maximum atomic E-state index is 13.4. The molecule has 7 heteroatoms. The summed E-state index contributed by atoms with van der Waals surface area (Å²) in [6, 6.07) is 0.922. The molecule has 2 amide bonds. The average Bonchev–Trinajstić information content (AvgIpc) is 2.30. The second-order valence-corrected chi connectivity index (χ2v) is 3.89. The zero-order valence-electron chi connectivity index (χ0n) is 9.71. The lowest BCUT2D eigenvalue weighted by Gasteiger charge is -2.20. The molecule has 4 nitrogen and oxygen atoms in total. The number of carbonyl (C=O) groups excluding carboxylic acids is 1. The molecule has 2 N–H and O–H groups in total. The maximum absolute atomic E-state index is 13.4. The smallest absolute Gasteiger partial charge is 0.322 e. The summed E-state index contributed by atoms with van der Waals surface area (Å²) in [7, 11) is 0. The molecule has 1 aromatic rings. The van der Waals surface area contributed by atoms with Gasteiger partial charge in [-0.3, -0.25) is 0 Å². The number of halogens is 3. The Morgan fingerprint density at radius 3 is 2.67 bits per heavy atom. The van der Waals surface area contributed by atoms with Gasteiger partial charge in [-0.15, -0.1) is 0 Å². The van der Waals surface area contributed by atoms with Crippen molar-refractivity contribution in [2.24, 2.45) is 0 Å². The van der Waals surface area contributed by atoms with E-state index in [-0.39, 0.29) is 23.9 Å². The standard InChI is InChI=1S/C11H13ClF2N2O2/c1-2-16(3-4-17)11(18)15-10-8(12)5-7(13)6-9(10)14/h5-6,17H,2-4H2,1H3,(H,15,18). The van der Waals surface area contributed by atoms with Gasteiger partial charge in [-0.2, -0.15) is 0 Å². The number of aliphatic hydroxyl groups excluding tert-OH is 1. The Hall–Kier alpha value is -1.40. The van der Waals surface area contributed by atoms with Gasteiger partial charge in [0.05, 0.1) is 17.3 Å². The molecule has 0 spiro atoms. The minimum absolute atomic E-state index is 0.114. The lowest BCUT2D eigenvalue weighted by molar-refractivity contribution is 0.192. The zero-order chi connectivity index (χ0) is 13.7. The van der Waals surface area contributed by atoms with Crippen LogP contribution in [-0.4, -0.2) is 35.7 Å². The monoisotopic (exact) mass is 278 g/mol. The molecular weight excluding hydrogens is 266 g/mol. The second kappa shape index (κ2) is 6.51. The predicted molar refractivity (Wildman–Crippen MR) is 64.7 cm³/mol. The van der Waals surface area contributed by atoms with Crippen LogP contribution in [0.15, 0.2) is 12.1 Å². The van der Waals surface area contributed by atoms with Crippen molar-refractivity contribution in [3.8, 4) is 0 Å². The molecule has 1 rings (SSSR count). The van der Waals surface area contributed by atoms with Gasteiger partial charge >= 0.3 is 6.03 Å². The van der Waals surface area contributed by atoms with E-state index in [0.29, 0.717) is 12.6 Å². The number of urea groups is 1. The van der Waals surface area contributed by atoms with Gasteiger partial charge in [0.2, 0.25) is 0 Å². The first kappa shape index (κ1) is 14.7. The molecule has 0 aliphatic heterocycles. The molecule has 18 heavy (non-hydrogen) atoms. The van der Waals surface area contributed by atoms with E-state index >= 15 is 0 Å². The highest BCUT2D eigenvalue weighted by atomic mass is 35.5. The highest BCUT2D eigenvalue weighted by molar-refractivity contribution is 6.33. The van der Waals surface area contributed by atoms with Crippen LogP contribution in [-0.2, 0) is 0 Å². The molecule has 100 valence electrons. The van der Waals surface area contributed by atoms with E-state index in [1.807, 2.05) is 0 Å². The van der Waals surface area contributed by atoms with Gasteiger partial charge in [-0.05, 0) is 13.0 Å². The number of carbonyl (C=O) groups is 1. The van der Waals surface area contributed by atoms with Crippen molar-refractivity contribution in [3.05, 3.63) is 28.8 Å². The van der Waals surface area contributed by atoms with E-state index < -0.39 is 17.7 Å². The summed E-state index contributed by atoms with van der Waals surface area (Å²) in [4.78, 5) is 13.0. The molecule has 0 radical (unpaired) electrons. The van der Waals surface area contributed by atoms with Gasteiger partial charge in [0.15, 0.2) is 5.82 Å². The fraction of sp³-hybridized carbons (Fsp3) is 0.364. The number of hydrogen-bond acceptors (Lipinski definition) is 2. The first-order valence-electron chi connectivity index (χ1n) is 5.31. The van der Waals surface area contributed by atoms with Crippen molar-refractivity contribution in [3.63, 3.8) is 0 Å². The SMILES string of the molecule is CCN(CCO)C(=O)Nc1c(F)cc(F)cc1Cl. The van der Waals surface area contributed by atoms with E-state index in [1.165, 1.54) is 4.90 Å². The molecule has 0 aliphatic carbocycles. The van der Waals surface area contributed by atoms with E-state index in [9.17, 15) is 13.6 Å². The Kier molecular flexibility index (Phi) is 5.30. The first-order valence-corrected chi connectivity index (χ1v) is 5.68. The third kappa shape index (κ3) is 3.54. The summed E-state index contributed by atoms with van der Waals surface area (Å²) < 4.78 is 26.2. The normalized spacial score (nSPS) is 10.3. The molecular formula is C11H13ClF2N2O2. The summed E-state index contributed by atoms with van der Waals surface area (Å²) in [5.41, 5.74) is -0.278. The molecule has 0 saturated carbocycles. The summed E-state index contributed by atoms with van der Waals surface area (Å²) in [6.07, 6.45) is 0. The Bertz CT molecular complexity index is 420. The number of hydrogen-bond donors (Lipinski definition) is 2. The number of nitrogens with one attached hydrogen (secondary N) is 1. The average molecular weight is 279 g/mol. The summed E-state index contributed by atoms with van der Waals surface area (Å²) in [5, 5.41) is 10.8. The van der Waals surface area contributed by atoms with E-state index in [2.05, 4.69) is 5.32 Å². The van der Waals surface area contributed by atoms with E-state index in [1.54, 1.807) is 6.92 Å². The van der Waals surface area contributed by atoms with Crippen LogP contribution < -0.4 is 5.32 Å². The molecule has 1 aromatic carbocycles. The van der Waals surface area contributed by atoms with Gasteiger partial charge in [-0.25, -0.2) is 13.6 Å². The number of aliphatic hydroxyl groups is 1. The minimum atomic E-state index is -0.951. The highest BCUT2D eigenvalue weighted by Gasteiger charge is 2.16. The van der Waals surface area contributed by atoms with Gasteiger partial charge in [0.1, 0.15) is 5.82 Å².